The minimum atomic E-state index is -0.459. The topological polar surface area (TPSA) is 81.7 Å². The molecule has 0 radical (unpaired) electrons. The summed E-state index contributed by atoms with van der Waals surface area (Å²) in [6.45, 7) is 4.18. The van der Waals surface area contributed by atoms with E-state index in [-0.39, 0.29) is 6.61 Å². The first-order valence-electron chi connectivity index (χ1n) is 9.63. The Balaban J connectivity index is 2.42. The molecule has 10 heteroatoms. The molecule has 0 heterocycles. The second-order valence-corrected chi connectivity index (χ2v) is 6.43. The maximum atomic E-state index is 11.8. The molecule has 0 aliphatic heterocycles. The summed E-state index contributed by atoms with van der Waals surface area (Å²) in [6, 6.07) is 4.84. The Kier molecular flexibility index (Phi) is 16.5. The summed E-state index contributed by atoms with van der Waals surface area (Å²) in [5.41, 5.74) is 0.364. The molecule has 1 rings (SSSR count). The lowest BCUT2D eigenvalue weighted by Gasteiger charge is -2.14. The largest absolute Gasteiger partial charge is 0.487 e. The Bertz CT molecular complexity index is 574. The number of methoxy groups -OCH3 is 1. The van der Waals surface area contributed by atoms with Gasteiger partial charge in [0.15, 0.2) is 11.5 Å². The van der Waals surface area contributed by atoms with E-state index in [2.05, 4.69) is 0 Å². The lowest BCUT2D eigenvalue weighted by Crippen LogP contribution is -2.14. The van der Waals surface area contributed by atoms with Crippen molar-refractivity contribution in [1.29, 1.82) is 0 Å². The molecule has 30 heavy (non-hydrogen) atoms. The zero-order chi connectivity index (χ0) is 21.9. The van der Waals surface area contributed by atoms with Gasteiger partial charge in [0.05, 0.1) is 65.5 Å². The van der Waals surface area contributed by atoms with Crippen LogP contribution in [0.5, 0.6) is 11.5 Å². The van der Waals surface area contributed by atoms with Gasteiger partial charge in [-0.3, -0.25) is 0 Å². The molecular weight excluding hydrogens is 439 g/mol. The van der Waals surface area contributed by atoms with Gasteiger partial charge in [0.25, 0.3) is 0 Å². The zero-order valence-electron chi connectivity index (χ0n) is 17.2. The van der Waals surface area contributed by atoms with Gasteiger partial charge in [0, 0.05) is 11.8 Å². The van der Waals surface area contributed by atoms with Gasteiger partial charge in [-0.25, -0.2) is 4.79 Å². The number of rotatable bonds is 19. The monoisotopic (exact) mass is 468 g/mol. The van der Waals surface area contributed by atoms with Crippen LogP contribution in [0.25, 0.3) is 0 Å². The van der Waals surface area contributed by atoms with Gasteiger partial charge in [0.1, 0.15) is 13.2 Å². The van der Waals surface area contributed by atoms with E-state index in [4.69, 9.17) is 56.4 Å². The van der Waals surface area contributed by atoms with Crippen LogP contribution in [0.2, 0.25) is 0 Å². The van der Waals surface area contributed by atoms with Crippen molar-refractivity contribution in [3.63, 3.8) is 0 Å². The number of carbonyl (C=O) groups excluding carboxylic acids is 1. The molecule has 1 aromatic rings. The highest BCUT2D eigenvalue weighted by Crippen LogP contribution is 2.28. The van der Waals surface area contributed by atoms with E-state index in [1.807, 2.05) is 0 Å². The average molecular weight is 469 g/mol. The van der Waals surface area contributed by atoms with Crippen LogP contribution in [-0.4, -0.2) is 90.9 Å². The van der Waals surface area contributed by atoms with Gasteiger partial charge in [0.2, 0.25) is 0 Å². The number of hydrogen-bond acceptors (Lipinski definition) is 8. The predicted molar refractivity (Wildman–Crippen MR) is 113 cm³/mol. The van der Waals surface area contributed by atoms with Gasteiger partial charge >= 0.3 is 5.97 Å². The first kappa shape index (κ1) is 26.7. The zero-order valence-corrected chi connectivity index (χ0v) is 18.8. The summed E-state index contributed by atoms with van der Waals surface area (Å²) < 4.78 is 37.5. The summed E-state index contributed by atoms with van der Waals surface area (Å²) in [5, 5.41) is 0. The molecule has 0 amide bonds. The molecule has 0 unspecified atom stereocenters. The van der Waals surface area contributed by atoms with Crippen molar-refractivity contribution in [3.05, 3.63) is 23.8 Å². The molecule has 0 N–H and O–H groups in total. The Morgan fingerprint density at radius 1 is 0.700 bits per heavy atom. The number of alkyl halides is 2. The summed E-state index contributed by atoms with van der Waals surface area (Å²) in [4.78, 5) is 11.8. The van der Waals surface area contributed by atoms with Gasteiger partial charge in [-0.15, -0.1) is 23.2 Å². The highest BCUT2D eigenvalue weighted by Gasteiger charge is 2.12. The van der Waals surface area contributed by atoms with E-state index in [0.29, 0.717) is 88.3 Å². The van der Waals surface area contributed by atoms with E-state index in [1.165, 1.54) is 7.11 Å². The molecule has 0 aliphatic rings. The number of carbonyl (C=O) groups is 1. The molecule has 1 aromatic carbocycles. The van der Waals surface area contributed by atoms with Crippen LogP contribution in [0.1, 0.15) is 10.4 Å². The van der Waals surface area contributed by atoms with E-state index >= 15 is 0 Å². The van der Waals surface area contributed by atoms with Crippen LogP contribution in [0.15, 0.2) is 18.2 Å². The Hall–Kier alpha value is -1.29. The fourth-order valence-corrected chi connectivity index (χ4v) is 2.38. The van der Waals surface area contributed by atoms with Gasteiger partial charge < -0.3 is 33.2 Å². The Morgan fingerprint density at radius 2 is 1.17 bits per heavy atom. The maximum absolute atomic E-state index is 11.8. The van der Waals surface area contributed by atoms with Gasteiger partial charge in [-0.2, -0.15) is 0 Å². The van der Waals surface area contributed by atoms with E-state index in [1.54, 1.807) is 18.2 Å². The minimum absolute atomic E-state index is 0.283. The van der Waals surface area contributed by atoms with Gasteiger partial charge in [-0.05, 0) is 18.2 Å². The van der Waals surface area contributed by atoms with Crippen molar-refractivity contribution in [2.24, 2.45) is 0 Å². The third kappa shape index (κ3) is 12.4. The highest BCUT2D eigenvalue weighted by atomic mass is 35.5. The Morgan fingerprint density at radius 3 is 1.67 bits per heavy atom. The molecule has 0 atom stereocenters. The van der Waals surface area contributed by atoms with Crippen molar-refractivity contribution in [2.45, 2.75) is 0 Å². The molecule has 0 fully saturated rings. The van der Waals surface area contributed by atoms with Crippen molar-refractivity contribution in [2.75, 3.05) is 84.9 Å². The van der Waals surface area contributed by atoms with E-state index in [0.717, 1.165) is 0 Å². The smallest absolute Gasteiger partial charge is 0.337 e. The van der Waals surface area contributed by atoms with Crippen LogP contribution >= 0.6 is 23.2 Å². The third-order valence-corrected chi connectivity index (χ3v) is 3.83. The first-order chi connectivity index (χ1) is 14.7. The number of benzene rings is 1. The SMILES string of the molecule is COC(=O)c1ccc(OCCOCCOCCCl)c(OCCOCCOCCCl)c1. The summed E-state index contributed by atoms with van der Waals surface area (Å²) in [5.74, 6) is 1.37. The van der Waals surface area contributed by atoms with Crippen LogP contribution in [-0.2, 0) is 23.7 Å². The number of ether oxygens (including phenoxy) is 7. The maximum Gasteiger partial charge on any atom is 0.337 e. The summed E-state index contributed by atoms with van der Waals surface area (Å²) in [6.07, 6.45) is 0. The number of hydrogen-bond donors (Lipinski definition) is 0. The quantitative estimate of drug-likeness (QED) is 0.174. The Labute approximate surface area is 187 Å². The van der Waals surface area contributed by atoms with Crippen LogP contribution in [0.3, 0.4) is 0 Å². The van der Waals surface area contributed by atoms with E-state index in [9.17, 15) is 4.79 Å². The number of esters is 1. The van der Waals surface area contributed by atoms with Crippen LogP contribution < -0.4 is 9.47 Å². The number of halogens is 2. The highest BCUT2D eigenvalue weighted by molar-refractivity contribution is 6.18. The summed E-state index contributed by atoms with van der Waals surface area (Å²) >= 11 is 11.0. The van der Waals surface area contributed by atoms with Crippen molar-refractivity contribution in [3.8, 4) is 11.5 Å². The van der Waals surface area contributed by atoms with Crippen molar-refractivity contribution >= 4 is 29.2 Å². The molecule has 172 valence electrons. The molecule has 0 saturated heterocycles. The lowest BCUT2D eigenvalue weighted by atomic mass is 10.2. The van der Waals surface area contributed by atoms with Gasteiger partial charge in [-0.1, -0.05) is 0 Å². The predicted octanol–water partition coefficient (Wildman–Crippen LogP) is 2.77. The fourth-order valence-electron chi connectivity index (χ4n) is 2.16. The second kappa shape index (κ2) is 18.5. The molecule has 0 spiro atoms. The molecule has 0 aliphatic carbocycles. The fraction of sp³-hybridized carbons (Fsp3) is 0.650. The minimum Gasteiger partial charge on any atom is -0.487 e. The molecule has 0 bridgehead atoms. The van der Waals surface area contributed by atoms with Crippen molar-refractivity contribution < 1.29 is 38.0 Å². The lowest BCUT2D eigenvalue weighted by molar-refractivity contribution is 0.0374. The van der Waals surface area contributed by atoms with Crippen molar-refractivity contribution in [1.82, 2.24) is 0 Å². The molecular formula is C20H30Cl2O8. The third-order valence-electron chi connectivity index (χ3n) is 3.52. The van der Waals surface area contributed by atoms with E-state index < -0.39 is 5.97 Å². The molecule has 0 saturated carbocycles. The van der Waals surface area contributed by atoms with Crippen LogP contribution in [0, 0.1) is 0 Å². The molecule has 0 aromatic heterocycles. The average Bonchev–Trinajstić information content (AvgIpc) is 2.77. The standard InChI is InChI=1S/C20H30Cl2O8/c1-24-20(23)17-2-3-18(29-14-12-27-10-8-25-6-4-21)19(16-17)30-15-13-28-11-9-26-7-5-22/h2-3,16H,4-15H2,1H3. The first-order valence-corrected chi connectivity index (χ1v) is 10.7. The second-order valence-electron chi connectivity index (χ2n) is 5.68. The molecule has 8 nitrogen and oxygen atoms in total. The summed E-state index contributed by atoms with van der Waals surface area (Å²) in [7, 11) is 1.32. The van der Waals surface area contributed by atoms with Crippen LogP contribution in [0.4, 0.5) is 0 Å². The normalized spacial score (nSPS) is 10.8.